The third-order valence-corrected chi connectivity index (χ3v) is 8.47. The van der Waals surface area contributed by atoms with E-state index in [1.165, 1.54) is 26.2 Å². The van der Waals surface area contributed by atoms with Crippen LogP contribution in [0.2, 0.25) is 0 Å². The number of hydrogen-bond donors (Lipinski definition) is 2. The van der Waals surface area contributed by atoms with Crippen molar-refractivity contribution >= 4 is 33.6 Å². The molecular weight excluding hydrogens is 599 g/mol. The van der Waals surface area contributed by atoms with Gasteiger partial charge in [-0.1, -0.05) is 73.9 Å². The minimum Gasteiger partial charge on any atom is -0.463 e. The molecule has 0 spiro atoms. The topological polar surface area (TPSA) is 90.7 Å². The molecule has 3 aromatic rings. The van der Waals surface area contributed by atoms with Crippen molar-refractivity contribution in [2.24, 2.45) is 0 Å². The fraction of sp³-hybridized carbons (Fsp3) is 0.412. The van der Waals surface area contributed by atoms with Crippen LogP contribution in [0, 0.1) is 0 Å². The van der Waals surface area contributed by atoms with Crippen LogP contribution < -0.4 is 11.1 Å². The molecule has 6 nitrogen and oxygen atoms in total. The molecule has 0 bridgehead atoms. The summed E-state index contributed by atoms with van der Waals surface area (Å²) in [5.41, 5.74) is 8.16. The lowest BCUT2D eigenvalue weighted by Crippen LogP contribution is -2.30. The molecule has 1 aliphatic carbocycles. The van der Waals surface area contributed by atoms with Gasteiger partial charge in [-0.05, 0) is 83.8 Å². The summed E-state index contributed by atoms with van der Waals surface area (Å²) in [4.78, 5) is 25.2. The molecule has 1 aliphatic rings. The van der Waals surface area contributed by atoms with Gasteiger partial charge in [0.1, 0.15) is 0 Å². The van der Waals surface area contributed by atoms with Crippen LogP contribution >= 0.6 is 15.9 Å². The van der Waals surface area contributed by atoms with Crippen LogP contribution in [-0.2, 0) is 26.5 Å². The van der Waals surface area contributed by atoms with Crippen molar-refractivity contribution in [3.63, 3.8) is 0 Å². The summed E-state index contributed by atoms with van der Waals surface area (Å²) < 4.78 is 26.7. The number of carbonyl (C=O) groups excluding carboxylic acids is 2. The maximum absolute atomic E-state index is 15.3. The number of ether oxygens (including phenoxy) is 2. The molecule has 1 atom stereocenters. The largest absolute Gasteiger partial charge is 0.463 e. The van der Waals surface area contributed by atoms with E-state index in [4.69, 9.17) is 15.2 Å². The average molecular weight is 640 g/mol. The molecule has 1 fully saturated rings. The molecule has 0 saturated heterocycles. The monoisotopic (exact) mass is 638 g/mol. The fourth-order valence-corrected chi connectivity index (χ4v) is 5.65. The Kier molecular flexibility index (Phi) is 11.5. The number of halogens is 2. The second kappa shape index (κ2) is 15.3. The first-order valence-corrected chi connectivity index (χ1v) is 15.6. The molecule has 0 aliphatic heterocycles. The van der Waals surface area contributed by atoms with Crippen molar-refractivity contribution < 1.29 is 23.5 Å². The molecule has 0 heterocycles. The number of carbonyl (C=O) groups is 2. The zero-order chi connectivity index (χ0) is 30.0. The number of alkyl halides is 1. The van der Waals surface area contributed by atoms with E-state index in [9.17, 15) is 9.59 Å². The lowest BCUT2D eigenvalue weighted by Gasteiger charge is -2.23. The summed E-state index contributed by atoms with van der Waals surface area (Å²) >= 11 is 3.47. The maximum atomic E-state index is 15.3. The number of nitrogen functional groups attached to an aromatic ring is 1. The second-order valence-electron chi connectivity index (χ2n) is 11.0. The van der Waals surface area contributed by atoms with Crippen LogP contribution in [0.25, 0.3) is 11.1 Å². The number of esters is 2. The standard InChI is InChI=1S/C34H40BrFN2O4/c1-34(36,28-17-15-25(16-18-28)24-11-5-2-6-12-24)33(40)42-20-10-4-9-19-41-32(39)26-21-27(31(37)30(35)22-26)23-38-29-13-7-3-8-14-29/h2,5-6,11-12,15-18,21-22,29,38H,3-4,7-10,13-14,19-20,23,37H2,1H3. The molecule has 3 N–H and O–H groups in total. The highest BCUT2D eigenvalue weighted by Crippen LogP contribution is 2.30. The van der Waals surface area contributed by atoms with Crippen molar-refractivity contribution in [3.05, 3.63) is 87.9 Å². The predicted octanol–water partition coefficient (Wildman–Crippen LogP) is 7.88. The molecule has 42 heavy (non-hydrogen) atoms. The lowest BCUT2D eigenvalue weighted by atomic mass is 9.95. The quantitative estimate of drug-likeness (QED) is 0.112. The van der Waals surface area contributed by atoms with E-state index >= 15 is 4.39 Å². The molecule has 8 heteroatoms. The Labute approximate surface area is 256 Å². The average Bonchev–Trinajstić information content (AvgIpc) is 3.02. The Balaban J connectivity index is 1.16. The van der Waals surface area contributed by atoms with Crippen LogP contribution in [0.4, 0.5) is 10.1 Å². The smallest absolute Gasteiger partial charge is 0.348 e. The Morgan fingerprint density at radius 3 is 2.26 bits per heavy atom. The van der Waals surface area contributed by atoms with Gasteiger partial charge >= 0.3 is 11.9 Å². The van der Waals surface area contributed by atoms with E-state index in [1.54, 1.807) is 36.4 Å². The van der Waals surface area contributed by atoms with Gasteiger partial charge in [0.05, 0.1) is 24.5 Å². The second-order valence-corrected chi connectivity index (χ2v) is 11.9. The minimum absolute atomic E-state index is 0.0939. The third-order valence-electron chi connectivity index (χ3n) is 7.81. The fourth-order valence-electron chi connectivity index (χ4n) is 5.15. The third kappa shape index (κ3) is 8.65. The van der Waals surface area contributed by atoms with Crippen LogP contribution in [0.15, 0.2) is 71.2 Å². The predicted molar refractivity (Wildman–Crippen MR) is 168 cm³/mol. The van der Waals surface area contributed by atoms with Crippen molar-refractivity contribution in [2.45, 2.75) is 76.5 Å². The van der Waals surface area contributed by atoms with Crippen molar-refractivity contribution in [1.29, 1.82) is 0 Å². The molecule has 4 rings (SSSR count). The van der Waals surface area contributed by atoms with Crippen molar-refractivity contribution in [1.82, 2.24) is 5.32 Å². The first kappa shape index (κ1) is 31.7. The van der Waals surface area contributed by atoms with Crippen LogP contribution in [0.1, 0.15) is 79.8 Å². The van der Waals surface area contributed by atoms with Crippen molar-refractivity contribution in [2.75, 3.05) is 18.9 Å². The van der Waals surface area contributed by atoms with Gasteiger partial charge in [-0.25, -0.2) is 14.0 Å². The highest BCUT2D eigenvalue weighted by Gasteiger charge is 2.36. The zero-order valence-electron chi connectivity index (χ0n) is 24.2. The Morgan fingerprint density at radius 2 is 1.57 bits per heavy atom. The van der Waals surface area contributed by atoms with Crippen LogP contribution in [0.5, 0.6) is 0 Å². The number of nitrogens with two attached hydrogens (primary N) is 1. The van der Waals surface area contributed by atoms with E-state index in [2.05, 4.69) is 21.2 Å². The summed E-state index contributed by atoms with van der Waals surface area (Å²) in [7, 11) is 0. The molecule has 224 valence electrons. The summed E-state index contributed by atoms with van der Waals surface area (Å²) in [6.45, 7) is 2.15. The highest BCUT2D eigenvalue weighted by molar-refractivity contribution is 9.10. The lowest BCUT2D eigenvalue weighted by molar-refractivity contribution is -0.157. The van der Waals surface area contributed by atoms with E-state index in [1.807, 2.05) is 30.3 Å². The number of nitrogens with one attached hydrogen (secondary N) is 1. The summed E-state index contributed by atoms with van der Waals surface area (Å²) in [5.74, 6) is -1.32. The Bertz CT molecular complexity index is 1330. The van der Waals surface area contributed by atoms with Gasteiger partial charge in [0, 0.05) is 22.6 Å². The molecule has 1 saturated carbocycles. The maximum Gasteiger partial charge on any atom is 0.348 e. The van der Waals surface area contributed by atoms with Gasteiger partial charge in [-0.2, -0.15) is 0 Å². The molecule has 1 unspecified atom stereocenters. The molecule has 0 radical (unpaired) electrons. The summed E-state index contributed by atoms with van der Waals surface area (Å²) in [6, 6.07) is 20.6. The van der Waals surface area contributed by atoms with Gasteiger partial charge in [0.25, 0.3) is 0 Å². The number of benzene rings is 3. The van der Waals surface area contributed by atoms with Crippen molar-refractivity contribution in [3.8, 4) is 11.1 Å². The number of anilines is 1. The van der Waals surface area contributed by atoms with Gasteiger partial charge in [0.2, 0.25) is 5.67 Å². The van der Waals surface area contributed by atoms with E-state index in [0.29, 0.717) is 47.6 Å². The van der Waals surface area contributed by atoms with Gasteiger partial charge in [-0.15, -0.1) is 0 Å². The normalized spacial score (nSPS) is 15.1. The van der Waals surface area contributed by atoms with Gasteiger partial charge < -0.3 is 20.5 Å². The SMILES string of the molecule is CC(F)(C(=O)OCCCCCOC(=O)c1cc(Br)c(N)c(CNC2CCCCC2)c1)c1ccc(-c2ccccc2)cc1. The highest BCUT2D eigenvalue weighted by atomic mass is 79.9. The number of hydrogen-bond acceptors (Lipinski definition) is 6. The van der Waals surface area contributed by atoms with E-state index < -0.39 is 17.6 Å². The number of rotatable bonds is 13. The zero-order valence-corrected chi connectivity index (χ0v) is 25.8. The molecular formula is C34H40BrFN2O4. The number of unbranched alkanes of at least 4 members (excludes halogenated alkanes) is 2. The Hall–Kier alpha value is -3.23. The van der Waals surface area contributed by atoms with Gasteiger partial charge in [-0.3, -0.25) is 0 Å². The van der Waals surface area contributed by atoms with Gasteiger partial charge in [0.15, 0.2) is 0 Å². The Morgan fingerprint density at radius 1 is 0.929 bits per heavy atom. The van der Waals surface area contributed by atoms with E-state index in [-0.39, 0.29) is 18.8 Å². The van der Waals surface area contributed by atoms with Crippen LogP contribution in [0.3, 0.4) is 0 Å². The first-order valence-electron chi connectivity index (χ1n) is 14.8. The molecule has 0 aromatic heterocycles. The summed E-state index contributed by atoms with van der Waals surface area (Å²) in [5, 5.41) is 3.57. The first-order chi connectivity index (χ1) is 20.3. The molecule has 0 amide bonds. The van der Waals surface area contributed by atoms with Crippen LogP contribution in [-0.4, -0.2) is 31.2 Å². The molecule has 3 aromatic carbocycles. The minimum atomic E-state index is -2.25. The summed E-state index contributed by atoms with van der Waals surface area (Å²) in [6.07, 6.45) is 7.91. The van der Waals surface area contributed by atoms with E-state index in [0.717, 1.165) is 29.5 Å².